The zero-order chi connectivity index (χ0) is 16.2. The van der Waals surface area contributed by atoms with Gasteiger partial charge in [-0.05, 0) is 30.7 Å². The minimum atomic E-state index is -4.45. The number of hydrogen-bond acceptors (Lipinski definition) is 4. The number of halogens is 2. The molecule has 22 heavy (non-hydrogen) atoms. The molecule has 0 spiro atoms. The third-order valence-electron chi connectivity index (χ3n) is 3.47. The fourth-order valence-corrected chi connectivity index (χ4v) is 3.05. The van der Waals surface area contributed by atoms with Crippen LogP contribution in [-0.4, -0.2) is 51.2 Å². The van der Waals surface area contributed by atoms with E-state index in [4.69, 9.17) is 0 Å². The summed E-state index contributed by atoms with van der Waals surface area (Å²) in [5.74, 6) is -4.25. The van der Waals surface area contributed by atoms with E-state index in [1.807, 2.05) is 0 Å². The van der Waals surface area contributed by atoms with Crippen molar-refractivity contribution in [3.8, 4) is 0 Å². The number of rotatable bonds is 4. The zero-order valence-electron chi connectivity index (χ0n) is 12.0. The van der Waals surface area contributed by atoms with Crippen molar-refractivity contribution in [1.82, 2.24) is 10.2 Å². The molecule has 1 aliphatic rings. The topological polar surface area (TPSA) is 66.5 Å². The number of sulfone groups is 1. The second kappa shape index (κ2) is 7.15. The number of alkyl halides is 2. The van der Waals surface area contributed by atoms with Crippen LogP contribution in [0.5, 0.6) is 0 Å². The summed E-state index contributed by atoms with van der Waals surface area (Å²) in [4.78, 5) is 14.0. The molecule has 1 heterocycles. The number of benzene rings is 1. The Morgan fingerprint density at radius 1 is 1.18 bits per heavy atom. The first-order valence-corrected chi connectivity index (χ1v) is 8.70. The monoisotopic (exact) mass is 332 g/mol. The van der Waals surface area contributed by atoms with Crippen LogP contribution in [0.15, 0.2) is 24.3 Å². The molecule has 0 bridgehead atoms. The maximum atomic E-state index is 12.3. The molecule has 0 saturated carbocycles. The number of carbonyl (C=O) groups excluding carboxylic acids is 1. The summed E-state index contributed by atoms with van der Waals surface area (Å²) >= 11 is 0. The fourth-order valence-electron chi connectivity index (χ4n) is 2.27. The van der Waals surface area contributed by atoms with E-state index in [1.54, 1.807) is 4.90 Å². The van der Waals surface area contributed by atoms with Gasteiger partial charge in [-0.2, -0.15) is 8.78 Å². The van der Waals surface area contributed by atoms with Gasteiger partial charge in [-0.25, -0.2) is 8.42 Å². The minimum absolute atomic E-state index is 0.132. The third kappa shape index (κ3) is 4.23. The van der Waals surface area contributed by atoms with Gasteiger partial charge in [0.25, 0.3) is 5.91 Å². The molecular formula is C14H18F2N2O3S. The van der Waals surface area contributed by atoms with Crippen molar-refractivity contribution >= 4 is 15.7 Å². The summed E-state index contributed by atoms with van der Waals surface area (Å²) in [5, 5.41) is 3.20. The van der Waals surface area contributed by atoms with Gasteiger partial charge >= 0.3 is 5.76 Å². The molecule has 1 amide bonds. The predicted octanol–water partition coefficient (Wildman–Crippen LogP) is 1.26. The van der Waals surface area contributed by atoms with Gasteiger partial charge in [-0.15, -0.1) is 0 Å². The molecule has 122 valence electrons. The molecule has 0 aromatic heterocycles. The van der Waals surface area contributed by atoms with Crippen molar-refractivity contribution < 1.29 is 22.0 Å². The first kappa shape index (κ1) is 16.8. The van der Waals surface area contributed by atoms with Crippen LogP contribution in [0, 0.1) is 0 Å². The standard InChI is InChI=1S/C14H18F2N2O3S/c15-14(16)22(20,21)10-11-2-4-12(5-3-11)13(19)18-8-1-6-17-7-9-18/h2-5,14,17H,1,6-10H2. The molecule has 1 fully saturated rings. The molecule has 8 heteroatoms. The Balaban J connectivity index is 2.06. The largest absolute Gasteiger partial charge is 0.337 e. The van der Waals surface area contributed by atoms with Crippen LogP contribution in [0.25, 0.3) is 0 Å². The molecule has 2 rings (SSSR count). The number of nitrogens with zero attached hydrogens (tertiary/aromatic N) is 1. The van der Waals surface area contributed by atoms with Gasteiger partial charge in [-0.1, -0.05) is 12.1 Å². The van der Waals surface area contributed by atoms with Crippen LogP contribution >= 0.6 is 0 Å². The number of carbonyl (C=O) groups is 1. The van der Waals surface area contributed by atoms with Crippen LogP contribution in [0.4, 0.5) is 8.78 Å². The molecule has 1 aromatic rings. The van der Waals surface area contributed by atoms with Crippen LogP contribution in [-0.2, 0) is 15.6 Å². The molecule has 1 saturated heterocycles. The van der Waals surface area contributed by atoms with E-state index in [9.17, 15) is 22.0 Å². The lowest BCUT2D eigenvalue weighted by atomic mass is 10.1. The van der Waals surface area contributed by atoms with E-state index in [2.05, 4.69) is 5.32 Å². The highest BCUT2D eigenvalue weighted by Gasteiger charge is 2.24. The molecule has 1 aromatic carbocycles. The molecule has 1 N–H and O–H groups in total. The molecule has 0 radical (unpaired) electrons. The molecule has 1 aliphatic heterocycles. The van der Waals surface area contributed by atoms with E-state index < -0.39 is 21.3 Å². The Bertz CT molecular complexity index is 609. The van der Waals surface area contributed by atoms with Gasteiger partial charge in [0.1, 0.15) is 0 Å². The molecule has 5 nitrogen and oxygen atoms in total. The third-order valence-corrected chi connectivity index (χ3v) is 4.75. The Morgan fingerprint density at radius 2 is 1.86 bits per heavy atom. The molecule has 0 unspecified atom stereocenters. The summed E-state index contributed by atoms with van der Waals surface area (Å²) in [7, 11) is -4.45. The highest BCUT2D eigenvalue weighted by atomic mass is 32.2. The summed E-state index contributed by atoms with van der Waals surface area (Å²) in [5.41, 5.74) is 0.675. The van der Waals surface area contributed by atoms with Crippen LogP contribution in [0.3, 0.4) is 0 Å². The Hall–Kier alpha value is -1.54. The normalized spacial score (nSPS) is 16.6. The highest BCUT2D eigenvalue weighted by Crippen LogP contribution is 2.15. The second-order valence-corrected chi connectivity index (χ2v) is 7.13. The zero-order valence-corrected chi connectivity index (χ0v) is 12.8. The smallest absolute Gasteiger partial charge is 0.337 e. The maximum absolute atomic E-state index is 12.3. The lowest BCUT2D eigenvalue weighted by Crippen LogP contribution is -2.34. The Morgan fingerprint density at radius 3 is 2.50 bits per heavy atom. The predicted molar refractivity (Wildman–Crippen MR) is 78.5 cm³/mol. The van der Waals surface area contributed by atoms with Gasteiger partial charge in [-0.3, -0.25) is 4.79 Å². The average molecular weight is 332 g/mol. The summed E-state index contributed by atoms with van der Waals surface area (Å²) in [6.45, 7) is 2.87. The van der Waals surface area contributed by atoms with Gasteiger partial charge in [0.05, 0.1) is 5.75 Å². The lowest BCUT2D eigenvalue weighted by molar-refractivity contribution is 0.0766. The van der Waals surface area contributed by atoms with Crippen molar-refractivity contribution in [1.29, 1.82) is 0 Å². The van der Waals surface area contributed by atoms with Gasteiger partial charge in [0.15, 0.2) is 0 Å². The van der Waals surface area contributed by atoms with E-state index >= 15 is 0 Å². The van der Waals surface area contributed by atoms with Crippen molar-refractivity contribution in [2.45, 2.75) is 17.9 Å². The minimum Gasteiger partial charge on any atom is -0.337 e. The molecule has 0 aliphatic carbocycles. The van der Waals surface area contributed by atoms with Gasteiger partial charge < -0.3 is 10.2 Å². The van der Waals surface area contributed by atoms with Crippen molar-refractivity contribution in [2.24, 2.45) is 0 Å². The van der Waals surface area contributed by atoms with Gasteiger partial charge in [0.2, 0.25) is 9.84 Å². The Kier molecular flexibility index (Phi) is 5.47. The summed E-state index contributed by atoms with van der Waals surface area (Å²) in [6, 6.07) is 5.78. The second-order valence-electron chi connectivity index (χ2n) is 5.16. The SMILES string of the molecule is O=C(c1ccc(CS(=O)(=O)C(F)F)cc1)N1CCCNCC1. The first-order valence-electron chi connectivity index (χ1n) is 6.99. The molecule has 0 atom stereocenters. The van der Waals surface area contributed by atoms with Crippen molar-refractivity contribution in [3.63, 3.8) is 0 Å². The van der Waals surface area contributed by atoms with Crippen molar-refractivity contribution in [3.05, 3.63) is 35.4 Å². The van der Waals surface area contributed by atoms with E-state index in [0.717, 1.165) is 19.5 Å². The Labute approximate surface area is 128 Å². The van der Waals surface area contributed by atoms with Gasteiger partial charge in [0, 0.05) is 25.2 Å². The lowest BCUT2D eigenvalue weighted by Gasteiger charge is -2.20. The maximum Gasteiger partial charge on any atom is 0.337 e. The number of amides is 1. The quantitative estimate of drug-likeness (QED) is 0.901. The van der Waals surface area contributed by atoms with Crippen LogP contribution in [0.2, 0.25) is 0 Å². The van der Waals surface area contributed by atoms with E-state index in [-0.39, 0.29) is 11.5 Å². The molecular weight excluding hydrogens is 314 g/mol. The number of nitrogens with one attached hydrogen (secondary N) is 1. The van der Waals surface area contributed by atoms with Crippen LogP contribution in [0.1, 0.15) is 22.3 Å². The van der Waals surface area contributed by atoms with E-state index in [1.165, 1.54) is 24.3 Å². The average Bonchev–Trinajstić information content (AvgIpc) is 2.76. The fraction of sp³-hybridized carbons (Fsp3) is 0.500. The van der Waals surface area contributed by atoms with Crippen LogP contribution < -0.4 is 5.32 Å². The number of hydrogen-bond donors (Lipinski definition) is 1. The van der Waals surface area contributed by atoms with E-state index in [0.29, 0.717) is 18.7 Å². The summed E-state index contributed by atoms with van der Waals surface area (Å²) < 4.78 is 47.0. The summed E-state index contributed by atoms with van der Waals surface area (Å²) in [6.07, 6.45) is 0.871. The first-order chi connectivity index (χ1) is 10.4. The van der Waals surface area contributed by atoms with Crippen molar-refractivity contribution in [2.75, 3.05) is 26.2 Å². The highest BCUT2D eigenvalue weighted by molar-refractivity contribution is 7.90.